The van der Waals surface area contributed by atoms with E-state index >= 15 is 0 Å². The van der Waals surface area contributed by atoms with Crippen molar-refractivity contribution in [1.82, 2.24) is 0 Å². The molecule has 228 valence electrons. The van der Waals surface area contributed by atoms with Gasteiger partial charge in [-0.05, 0) is 43.2 Å². The molecule has 0 bridgehead atoms. The first-order chi connectivity index (χ1) is 18.2. The zero-order valence-electron chi connectivity index (χ0n) is 29.4. The van der Waals surface area contributed by atoms with Gasteiger partial charge in [-0.2, -0.15) is 0 Å². The Kier molecular flexibility index (Phi) is 25.0. The van der Waals surface area contributed by atoms with Crippen molar-refractivity contribution < 1.29 is 19.0 Å². The standard InChI is InChI=1S/C16H26O.C11H14O3.4C2H6/c1-11-9-12(15(2,3)4)14(17-8)13(10-11)16(5,6)7;1-7-5-9(8(2)12)11(14-4)6-10(7)13-3;4*1-2/h9-10H,1-8H3;5-6H,1-4H3;4*1-2H3. The van der Waals surface area contributed by atoms with Gasteiger partial charge in [0, 0.05) is 17.2 Å². The lowest BCUT2D eigenvalue weighted by Crippen LogP contribution is -2.19. The molecule has 0 saturated carbocycles. The van der Waals surface area contributed by atoms with Gasteiger partial charge in [-0.3, -0.25) is 4.79 Å². The maximum absolute atomic E-state index is 11.3. The second-order valence-corrected chi connectivity index (χ2v) is 9.97. The molecule has 0 aliphatic carbocycles. The van der Waals surface area contributed by atoms with Crippen molar-refractivity contribution in [3.8, 4) is 17.2 Å². The number of methoxy groups -OCH3 is 3. The second kappa shape index (κ2) is 22.3. The average molecular weight is 549 g/mol. The Morgan fingerprint density at radius 2 is 0.949 bits per heavy atom. The summed E-state index contributed by atoms with van der Waals surface area (Å²) in [5.41, 5.74) is 5.63. The summed E-state index contributed by atoms with van der Waals surface area (Å²) in [6.45, 7) is 35.0. The first-order valence-corrected chi connectivity index (χ1v) is 14.6. The summed E-state index contributed by atoms with van der Waals surface area (Å²) >= 11 is 0. The van der Waals surface area contributed by atoms with Crippen LogP contribution in [0, 0.1) is 13.8 Å². The van der Waals surface area contributed by atoms with Crippen molar-refractivity contribution in [3.05, 3.63) is 52.1 Å². The van der Waals surface area contributed by atoms with Crippen LogP contribution < -0.4 is 14.2 Å². The Hall–Kier alpha value is -2.49. The molecule has 4 heteroatoms. The van der Waals surface area contributed by atoms with Crippen LogP contribution in [0.1, 0.15) is 136 Å². The summed E-state index contributed by atoms with van der Waals surface area (Å²) in [6.07, 6.45) is 0. The lowest BCUT2D eigenvalue weighted by Gasteiger charge is -2.29. The SMILES string of the molecule is CC.CC.CC.CC.COc1c(C(C)(C)C)cc(C)cc1C(C)(C)C.COc1cc(OC)c(C(C)=O)cc1C. The molecule has 2 rings (SSSR count). The van der Waals surface area contributed by atoms with Gasteiger partial charge in [-0.25, -0.2) is 0 Å². The van der Waals surface area contributed by atoms with E-state index in [1.807, 2.05) is 62.3 Å². The third kappa shape index (κ3) is 15.0. The van der Waals surface area contributed by atoms with Crippen LogP contribution >= 0.6 is 0 Å². The lowest BCUT2D eigenvalue weighted by molar-refractivity contribution is 0.101. The van der Waals surface area contributed by atoms with E-state index < -0.39 is 0 Å². The van der Waals surface area contributed by atoms with Gasteiger partial charge in [0.2, 0.25) is 0 Å². The van der Waals surface area contributed by atoms with E-state index in [4.69, 9.17) is 14.2 Å². The summed E-state index contributed by atoms with van der Waals surface area (Å²) in [7, 11) is 4.90. The summed E-state index contributed by atoms with van der Waals surface area (Å²) in [5.74, 6) is 2.33. The number of Topliss-reactive ketones (excluding diaryl/α,β-unsaturated/α-hetero) is 1. The quantitative estimate of drug-likeness (QED) is 0.356. The Labute approximate surface area is 243 Å². The number of carbonyl (C=O) groups is 1. The highest BCUT2D eigenvalue weighted by Crippen LogP contribution is 2.40. The predicted molar refractivity (Wildman–Crippen MR) is 175 cm³/mol. The molecule has 0 aliphatic rings. The van der Waals surface area contributed by atoms with Crippen LogP contribution in [-0.4, -0.2) is 27.1 Å². The predicted octanol–water partition coefficient (Wildman–Crippen LogP) is 10.9. The maximum atomic E-state index is 11.3. The highest BCUT2D eigenvalue weighted by Gasteiger charge is 2.26. The number of ether oxygens (including phenoxy) is 3. The minimum absolute atomic E-state index is 0.00685. The molecular weight excluding hydrogens is 484 g/mol. The van der Waals surface area contributed by atoms with Crippen LogP contribution in [-0.2, 0) is 10.8 Å². The zero-order chi connectivity index (χ0) is 32.1. The van der Waals surface area contributed by atoms with Gasteiger partial charge >= 0.3 is 0 Å². The molecule has 0 radical (unpaired) electrons. The molecule has 2 aromatic carbocycles. The molecule has 0 saturated heterocycles. The first-order valence-electron chi connectivity index (χ1n) is 14.6. The van der Waals surface area contributed by atoms with E-state index in [1.165, 1.54) is 30.7 Å². The van der Waals surface area contributed by atoms with E-state index in [2.05, 4.69) is 60.6 Å². The van der Waals surface area contributed by atoms with Crippen LogP contribution in [0.25, 0.3) is 0 Å². The number of carbonyl (C=O) groups excluding carboxylic acids is 1. The number of hydrogen-bond donors (Lipinski definition) is 0. The number of rotatable bonds is 4. The molecule has 39 heavy (non-hydrogen) atoms. The summed E-state index contributed by atoms with van der Waals surface area (Å²) < 4.78 is 15.9. The third-order valence-electron chi connectivity index (χ3n) is 5.15. The molecule has 0 spiro atoms. The molecule has 0 fully saturated rings. The Morgan fingerprint density at radius 3 is 1.21 bits per heavy atom. The van der Waals surface area contributed by atoms with E-state index in [-0.39, 0.29) is 16.6 Å². The fourth-order valence-corrected chi connectivity index (χ4v) is 3.44. The molecule has 2 aromatic rings. The molecule has 0 aromatic heterocycles. The van der Waals surface area contributed by atoms with Crippen molar-refractivity contribution in [3.63, 3.8) is 0 Å². The van der Waals surface area contributed by atoms with E-state index in [0.29, 0.717) is 11.3 Å². The van der Waals surface area contributed by atoms with Crippen molar-refractivity contribution in [2.45, 2.75) is 129 Å². The van der Waals surface area contributed by atoms with Crippen molar-refractivity contribution in [2.24, 2.45) is 0 Å². The van der Waals surface area contributed by atoms with Crippen LogP contribution in [0.5, 0.6) is 17.2 Å². The number of ketones is 1. The minimum atomic E-state index is -0.00685. The molecule has 0 N–H and O–H groups in total. The Balaban J connectivity index is -0.000000252. The van der Waals surface area contributed by atoms with Crippen LogP contribution in [0.3, 0.4) is 0 Å². The van der Waals surface area contributed by atoms with Gasteiger partial charge in [-0.15, -0.1) is 0 Å². The molecule has 0 aliphatic heterocycles. The second-order valence-electron chi connectivity index (χ2n) is 9.97. The van der Waals surface area contributed by atoms with Crippen molar-refractivity contribution in [1.29, 1.82) is 0 Å². The van der Waals surface area contributed by atoms with Crippen LogP contribution in [0.15, 0.2) is 24.3 Å². The van der Waals surface area contributed by atoms with Gasteiger partial charge in [0.1, 0.15) is 17.2 Å². The monoisotopic (exact) mass is 548 g/mol. The summed E-state index contributed by atoms with van der Waals surface area (Å²) in [4.78, 5) is 11.3. The van der Waals surface area contributed by atoms with E-state index in [0.717, 1.165) is 17.1 Å². The summed E-state index contributed by atoms with van der Waals surface area (Å²) in [5, 5.41) is 0. The normalized spacial score (nSPS) is 9.64. The van der Waals surface area contributed by atoms with Crippen LogP contribution in [0.2, 0.25) is 0 Å². The molecule has 0 amide bonds. The molecule has 0 atom stereocenters. The molecule has 4 nitrogen and oxygen atoms in total. The van der Waals surface area contributed by atoms with Gasteiger partial charge in [-0.1, -0.05) is 115 Å². The fourth-order valence-electron chi connectivity index (χ4n) is 3.44. The van der Waals surface area contributed by atoms with E-state index in [9.17, 15) is 4.79 Å². The van der Waals surface area contributed by atoms with Gasteiger partial charge < -0.3 is 14.2 Å². The third-order valence-corrected chi connectivity index (χ3v) is 5.15. The zero-order valence-corrected chi connectivity index (χ0v) is 29.4. The van der Waals surface area contributed by atoms with Crippen molar-refractivity contribution >= 4 is 5.78 Å². The average Bonchev–Trinajstić information content (AvgIpc) is 2.92. The minimum Gasteiger partial charge on any atom is -0.496 e. The Bertz CT molecular complexity index is 878. The fraction of sp³-hybridized carbons (Fsp3) is 0.629. The number of hydrogen-bond acceptors (Lipinski definition) is 4. The van der Waals surface area contributed by atoms with Gasteiger partial charge in [0.25, 0.3) is 0 Å². The molecule has 0 heterocycles. The van der Waals surface area contributed by atoms with Crippen molar-refractivity contribution in [2.75, 3.05) is 21.3 Å². The topological polar surface area (TPSA) is 44.8 Å². The molecular formula is C35H64O4. The van der Waals surface area contributed by atoms with E-state index in [1.54, 1.807) is 26.4 Å². The highest BCUT2D eigenvalue weighted by atomic mass is 16.5. The van der Waals surface area contributed by atoms with Gasteiger partial charge in [0.15, 0.2) is 5.78 Å². The van der Waals surface area contributed by atoms with Gasteiger partial charge in [0.05, 0.1) is 26.9 Å². The smallest absolute Gasteiger partial charge is 0.163 e. The lowest BCUT2D eigenvalue weighted by atomic mass is 9.78. The molecule has 0 unspecified atom stereocenters. The Morgan fingerprint density at radius 1 is 0.590 bits per heavy atom. The number of aryl methyl sites for hydroxylation is 2. The largest absolute Gasteiger partial charge is 0.496 e. The first kappa shape index (κ1) is 43.6. The highest BCUT2D eigenvalue weighted by molar-refractivity contribution is 5.97. The summed E-state index contributed by atoms with van der Waals surface area (Å²) in [6, 6.07) is 7.99. The number of benzene rings is 2. The maximum Gasteiger partial charge on any atom is 0.163 e. The van der Waals surface area contributed by atoms with Crippen LogP contribution in [0.4, 0.5) is 0 Å².